The smallest absolute Gasteiger partial charge is 0.253 e. The number of piperidine rings is 1. The Morgan fingerprint density at radius 3 is 2.42 bits per heavy atom. The number of amides is 1. The Morgan fingerprint density at radius 1 is 1.17 bits per heavy atom. The number of rotatable bonds is 2. The zero-order valence-corrected chi connectivity index (χ0v) is 15.6. The second-order valence-electron chi connectivity index (χ2n) is 7.99. The molecule has 1 atom stereocenters. The Kier molecular flexibility index (Phi) is 4.56. The Bertz CT molecular complexity index is 636. The molecule has 1 aromatic rings. The third kappa shape index (κ3) is 3.14. The zero-order chi connectivity index (χ0) is 17.5. The number of hydrogen-bond donors (Lipinski definition) is 1. The van der Waals surface area contributed by atoms with Gasteiger partial charge < -0.3 is 14.9 Å². The molecular weight excluding hydrogens is 324 g/mol. The summed E-state index contributed by atoms with van der Waals surface area (Å²) in [6, 6.07) is 5.63. The standard InChI is InChI=1S/C19H27ClN2O2/c1-18(2)13-22(11-8-19(18,3)24)17(23)14-6-7-16(15(20)12-14)21-9-4-5-10-21/h6-7,12,24H,4-5,8-11,13H2,1-3H3/t19-/m0/s1. The van der Waals surface area contributed by atoms with Crippen molar-refractivity contribution in [2.75, 3.05) is 31.1 Å². The van der Waals surface area contributed by atoms with Crippen LogP contribution in [0.25, 0.3) is 0 Å². The fourth-order valence-electron chi connectivity index (χ4n) is 3.63. The number of aliphatic hydroxyl groups is 1. The van der Waals surface area contributed by atoms with E-state index in [0.717, 1.165) is 18.8 Å². The first-order chi connectivity index (χ1) is 11.2. The second-order valence-corrected chi connectivity index (χ2v) is 8.40. The molecule has 4 nitrogen and oxygen atoms in total. The number of benzene rings is 1. The van der Waals surface area contributed by atoms with Gasteiger partial charge in [0.05, 0.1) is 16.3 Å². The average molecular weight is 351 g/mol. The molecule has 0 aromatic heterocycles. The predicted molar refractivity (Wildman–Crippen MR) is 97.8 cm³/mol. The van der Waals surface area contributed by atoms with Gasteiger partial charge in [0.2, 0.25) is 0 Å². The summed E-state index contributed by atoms with van der Waals surface area (Å²) in [7, 11) is 0. The molecule has 0 spiro atoms. The first-order valence-corrected chi connectivity index (χ1v) is 9.15. The number of halogens is 1. The lowest BCUT2D eigenvalue weighted by molar-refractivity contribution is -0.0971. The van der Waals surface area contributed by atoms with E-state index in [9.17, 15) is 9.90 Å². The highest BCUT2D eigenvalue weighted by Crippen LogP contribution is 2.39. The van der Waals surface area contributed by atoms with E-state index in [1.165, 1.54) is 12.8 Å². The van der Waals surface area contributed by atoms with Crippen LogP contribution in [0.1, 0.15) is 50.4 Å². The van der Waals surface area contributed by atoms with E-state index in [0.29, 0.717) is 30.1 Å². The van der Waals surface area contributed by atoms with Crippen molar-refractivity contribution in [1.29, 1.82) is 0 Å². The van der Waals surface area contributed by atoms with E-state index in [4.69, 9.17) is 11.6 Å². The molecule has 0 radical (unpaired) electrons. The van der Waals surface area contributed by atoms with Crippen LogP contribution in [0.15, 0.2) is 18.2 Å². The van der Waals surface area contributed by atoms with E-state index in [2.05, 4.69) is 4.90 Å². The molecule has 1 amide bonds. The van der Waals surface area contributed by atoms with Crippen LogP contribution in [0, 0.1) is 5.41 Å². The summed E-state index contributed by atoms with van der Waals surface area (Å²) in [5.41, 5.74) is 0.564. The van der Waals surface area contributed by atoms with E-state index < -0.39 is 5.60 Å². The number of carbonyl (C=O) groups excluding carboxylic acids is 1. The van der Waals surface area contributed by atoms with Gasteiger partial charge >= 0.3 is 0 Å². The fourth-order valence-corrected chi connectivity index (χ4v) is 3.93. The van der Waals surface area contributed by atoms with Crippen molar-refractivity contribution in [3.63, 3.8) is 0 Å². The van der Waals surface area contributed by atoms with Gasteiger partial charge in [0.15, 0.2) is 0 Å². The van der Waals surface area contributed by atoms with Crippen LogP contribution in [-0.2, 0) is 0 Å². The molecule has 2 aliphatic rings. The summed E-state index contributed by atoms with van der Waals surface area (Å²) in [5.74, 6) is -0.00607. The Labute approximate surface area is 149 Å². The summed E-state index contributed by atoms with van der Waals surface area (Å²) in [5, 5.41) is 11.2. The van der Waals surface area contributed by atoms with Crippen LogP contribution in [0.5, 0.6) is 0 Å². The summed E-state index contributed by atoms with van der Waals surface area (Å²) in [6.45, 7) is 9.05. The monoisotopic (exact) mass is 350 g/mol. The molecule has 2 heterocycles. The normalized spacial score (nSPS) is 26.7. The summed E-state index contributed by atoms with van der Waals surface area (Å²) in [4.78, 5) is 17.0. The maximum atomic E-state index is 12.9. The van der Waals surface area contributed by atoms with Crippen LogP contribution >= 0.6 is 11.6 Å². The minimum atomic E-state index is -0.749. The number of nitrogens with zero attached hydrogens (tertiary/aromatic N) is 2. The quantitative estimate of drug-likeness (QED) is 0.886. The van der Waals surface area contributed by atoms with Gasteiger partial charge in [-0.3, -0.25) is 4.79 Å². The molecule has 2 fully saturated rings. The summed E-state index contributed by atoms with van der Waals surface area (Å²) in [6.07, 6.45) is 2.98. The minimum Gasteiger partial charge on any atom is -0.389 e. The molecule has 0 aliphatic carbocycles. The first kappa shape index (κ1) is 17.6. The Balaban J connectivity index is 1.77. The highest BCUT2D eigenvalue weighted by Gasteiger charge is 2.45. The van der Waals surface area contributed by atoms with Gasteiger partial charge in [-0.05, 0) is 44.4 Å². The average Bonchev–Trinajstić information content (AvgIpc) is 3.03. The number of hydrogen-bond acceptors (Lipinski definition) is 3. The molecule has 1 N–H and O–H groups in total. The van der Waals surface area contributed by atoms with Gasteiger partial charge in [0.25, 0.3) is 5.91 Å². The molecule has 24 heavy (non-hydrogen) atoms. The van der Waals surface area contributed by atoms with Crippen LogP contribution in [0.4, 0.5) is 5.69 Å². The van der Waals surface area contributed by atoms with Crippen molar-refractivity contribution in [2.45, 2.75) is 45.6 Å². The molecule has 2 saturated heterocycles. The van der Waals surface area contributed by atoms with Crippen LogP contribution < -0.4 is 4.90 Å². The fraction of sp³-hybridized carbons (Fsp3) is 0.632. The highest BCUT2D eigenvalue weighted by atomic mass is 35.5. The minimum absolute atomic E-state index is 0.00607. The molecule has 1 aromatic carbocycles. The topological polar surface area (TPSA) is 43.8 Å². The largest absolute Gasteiger partial charge is 0.389 e. The summed E-state index contributed by atoms with van der Waals surface area (Å²) < 4.78 is 0. The SMILES string of the molecule is CC1(C)CN(C(=O)c2ccc(N3CCCC3)c(Cl)c2)CC[C@]1(C)O. The van der Waals surface area contributed by atoms with Crippen molar-refractivity contribution in [1.82, 2.24) is 4.90 Å². The number of carbonyl (C=O) groups is 1. The lowest BCUT2D eigenvalue weighted by atomic mass is 9.71. The highest BCUT2D eigenvalue weighted by molar-refractivity contribution is 6.33. The van der Waals surface area contributed by atoms with Crippen molar-refractivity contribution in [3.8, 4) is 0 Å². The molecule has 0 unspecified atom stereocenters. The summed E-state index contributed by atoms with van der Waals surface area (Å²) >= 11 is 6.44. The number of anilines is 1. The second kappa shape index (κ2) is 6.23. The van der Waals surface area contributed by atoms with Crippen LogP contribution in [0.3, 0.4) is 0 Å². The van der Waals surface area contributed by atoms with Crippen LogP contribution in [0.2, 0.25) is 5.02 Å². The van der Waals surface area contributed by atoms with Gasteiger partial charge in [0, 0.05) is 37.2 Å². The van der Waals surface area contributed by atoms with E-state index in [1.54, 1.807) is 6.07 Å². The Hall–Kier alpha value is -1.26. The molecule has 5 heteroatoms. The molecule has 132 valence electrons. The van der Waals surface area contributed by atoms with Crippen LogP contribution in [-0.4, -0.2) is 47.7 Å². The van der Waals surface area contributed by atoms with Crippen molar-refractivity contribution in [2.24, 2.45) is 5.41 Å². The molecular formula is C19H27ClN2O2. The Morgan fingerprint density at radius 2 is 1.83 bits per heavy atom. The molecule has 3 rings (SSSR count). The van der Waals surface area contributed by atoms with Gasteiger partial charge in [-0.15, -0.1) is 0 Å². The van der Waals surface area contributed by atoms with Gasteiger partial charge in [-0.25, -0.2) is 0 Å². The predicted octanol–water partition coefficient (Wildman–Crippen LogP) is 3.56. The van der Waals surface area contributed by atoms with E-state index in [-0.39, 0.29) is 11.3 Å². The van der Waals surface area contributed by atoms with Gasteiger partial charge in [0.1, 0.15) is 0 Å². The maximum Gasteiger partial charge on any atom is 0.253 e. The van der Waals surface area contributed by atoms with Crippen molar-refractivity contribution in [3.05, 3.63) is 28.8 Å². The van der Waals surface area contributed by atoms with E-state index in [1.807, 2.05) is 37.8 Å². The third-order valence-corrected chi connectivity index (χ3v) is 6.14. The molecule has 0 saturated carbocycles. The van der Waals surface area contributed by atoms with Gasteiger partial charge in [-0.2, -0.15) is 0 Å². The lowest BCUT2D eigenvalue weighted by Gasteiger charge is -2.48. The first-order valence-electron chi connectivity index (χ1n) is 8.77. The third-order valence-electron chi connectivity index (χ3n) is 5.84. The maximum absolute atomic E-state index is 12.9. The molecule has 2 aliphatic heterocycles. The molecule has 0 bridgehead atoms. The lowest BCUT2D eigenvalue weighted by Crippen LogP contribution is -2.57. The van der Waals surface area contributed by atoms with E-state index >= 15 is 0 Å². The zero-order valence-electron chi connectivity index (χ0n) is 14.8. The number of likely N-dealkylation sites (tertiary alicyclic amines) is 1. The van der Waals surface area contributed by atoms with Gasteiger partial charge in [-0.1, -0.05) is 25.4 Å². The van der Waals surface area contributed by atoms with Crippen molar-refractivity contribution < 1.29 is 9.90 Å². The van der Waals surface area contributed by atoms with Crippen molar-refractivity contribution >= 4 is 23.2 Å².